The Morgan fingerprint density at radius 1 is 1.26 bits per heavy atom. The van der Waals surface area contributed by atoms with Crippen molar-refractivity contribution < 1.29 is 14.7 Å². The van der Waals surface area contributed by atoms with Crippen LogP contribution in [0.4, 0.5) is 11.4 Å². The van der Waals surface area contributed by atoms with Crippen LogP contribution in [0.5, 0.6) is 5.75 Å². The fourth-order valence-corrected chi connectivity index (χ4v) is 3.44. The van der Waals surface area contributed by atoms with Gasteiger partial charge in [0.2, 0.25) is 11.8 Å². The van der Waals surface area contributed by atoms with Crippen LogP contribution < -0.4 is 10.2 Å². The zero-order chi connectivity index (χ0) is 16.4. The maximum Gasteiger partial charge on any atom is 0.244 e. The number of hydrogen-bond acceptors (Lipinski definition) is 4. The molecule has 118 valence electrons. The van der Waals surface area contributed by atoms with Crippen LogP contribution in [0, 0.1) is 0 Å². The molecular weight excluding hydrogens is 312 g/mol. The predicted molar refractivity (Wildman–Crippen MR) is 90.9 cm³/mol. The maximum atomic E-state index is 12.8. The van der Waals surface area contributed by atoms with Gasteiger partial charge in [0.25, 0.3) is 0 Å². The van der Waals surface area contributed by atoms with Crippen molar-refractivity contribution in [1.82, 2.24) is 0 Å². The molecule has 0 aromatic heterocycles. The Bertz CT molecular complexity index is 763. The van der Waals surface area contributed by atoms with Gasteiger partial charge in [-0.05, 0) is 37.3 Å². The third-order valence-electron chi connectivity index (χ3n) is 3.51. The summed E-state index contributed by atoms with van der Waals surface area (Å²) in [6, 6.07) is 14.0. The van der Waals surface area contributed by atoms with Crippen LogP contribution in [0.15, 0.2) is 53.4 Å². The number of para-hydroxylation sites is 2. The standard InChI is InChI=1S/C17H16N2O3S/c1-11(23-13-6-4-5-12(20)9-13)17(22)19-10-16(21)18-14-7-2-3-8-15(14)19/h2-9,11,20H,10H2,1H3,(H,18,21)/t11-/m0/s1. The van der Waals surface area contributed by atoms with E-state index in [4.69, 9.17) is 0 Å². The maximum absolute atomic E-state index is 12.8. The predicted octanol–water partition coefficient (Wildman–Crippen LogP) is 2.86. The summed E-state index contributed by atoms with van der Waals surface area (Å²) in [4.78, 5) is 26.9. The van der Waals surface area contributed by atoms with Crippen molar-refractivity contribution >= 4 is 35.0 Å². The third kappa shape index (κ3) is 3.32. The average Bonchev–Trinajstić information content (AvgIpc) is 2.53. The summed E-state index contributed by atoms with van der Waals surface area (Å²) < 4.78 is 0. The van der Waals surface area contributed by atoms with Crippen LogP contribution >= 0.6 is 11.8 Å². The Morgan fingerprint density at radius 2 is 2.04 bits per heavy atom. The number of amides is 2. The number of anilines is 2. The Balaban J connectivity index is 1.81. The molecule has 0 spiro atoms. The van der Waals surface area contributed by atoms with E-state index in [1.807, 2.05) is 24.3 Å². The molecule has 0 saturated heterocycles. The van der Waals surface area contributed by atoms with Crippen molar-refractivity contribution in [2.75, 3.05) is 16.8 Å². The largest absolute Gasteiger partial charge is 0.508 e. The lowest BCUT2D eigenvalue weighted by Crippen LogP contribution is -2.45. The quantitative estimate of drug-likeness (QED) is 0.850. The average molecular weight is 328 g/mol. The van der Waals surface area contributed by atoms with Gasteiger partial charge < -0.3 is 10.4 Å². The van der Waals surface area contributed by atoms with E-state index in [2.05, 4.69) is 5.32 Å². The molecule has 2 amide bonds. The molecule has 0 aliphatic carbocycles. The van der Waals surface area contributed by atoms with Gasteiger partial charge in [-0.25, -0.2) is 0 Å². The number of carbonyl (C=O) groups is 2. The second kappa shape index (κ2) is 6.34. The molecule has 1 aliphatic heterocycles. The fraction of sp³-hybridized carbons (Fsp3) is 0.176. The zero-order valence-electron chi connectivity index (χ0n) is 12.5. The van der Waals surface area contributed by atoms with Gasteiger partial charge in [0.1, 0.15) is 12.3 Å². The molecule has 23 heavy (non-hydrogen) atoms. The first-order chi connectivity index (χ1) is 11.0. The molecule has 2 N–H and O–H groups in total. The molecule has 0 fully saturated rings. The van der Waals surface area contributed by atoms with Crippen LogP contribution in [0.1, 0.15) is 6.92 Å². The highest BCUT2D eigenvalue weighted by Gasteiger charge is 2.29. The van der Waals surface area contributed by atoms with Crippen LogP contribution in [-0.4, -0.2) is 28.7 Å². The first kappa shape index (κ1) is 15.4. The van der Waals surface area contributed by atoms with Gasteiger partial charge in [-0.15, -0.1) is 11.8 Å². The molecule has 3 rings (SSSR count). The molecule has 1 heterocycles. The van der Waals surface area contributed by atoms with Gasteiger partial charge in [0.15, 0.2) is 0 Å². The van der Waals surface area contributed by atoms with Crippen molar-refractivity contribution in [3.05, 3.63) is 48.5 Å². The smallest absolute Gasteiger partial charge is 0.244 e. The Kier molecular flexibility index (Phi) is 4.25. The van der Waals surface area contributed by atoms with Crippen LogP contribution in [0.2, 0.25) is 0 Å². The van der Waals surface area contributed by atoms with Gasteiger partial charge >= 0.3 is 0 Å². The summed E-state index contributed by atoms with van der Waals surface area (Å²) in [5, 5.41) is 11.9. The minimum atomic E-state index is -0.379. The molecular formula is C17H16N2O3S. The van der Waals surface area contributed by atoms with E-state index in [-0.39, 0.29) is 29.4 Å². The van der Waals surface area contributed by atoms with Crippen molar-refractivity contribution in [2.45, 2.75) is 17.1 Å². The first-order valence-electron chi connectivity index (χ1n) is 7.20. The third-order valence-corrected chi connectivity index (χ3v) is 4.60. The number of phenols is 1. The minimum absolute atomic E-state index is 0.0147. The zero-order valence-corrected chi connectivity index (χ0v) is 13.3. The second-order valence-electron chi connectivity index (χ2n) is 5.25. The van der Waals surface area contributed by atoms with Crippen molar-refractivity contribution in [3.8, 4) is 5.75 Å². The van der Waals surface area contributed by atoms with Crippen molar-refractivity contribution in [3.63, 3.8) is 0 Å². The fourth-order valence-electron chi connectivity index (χ4n) is 2.46. The molecule has 5 nitrogen and oxygen atoms in total. The molecule has 2 aromatic carbocycles. The van der Waals surface area contributed by atoms with Crippen LogP contribution in [-0.2, 0) is 9.59 Å². The molecule has 6 heteroatoms. The number of aromatic hydroxyl groups is 1. The van der Waals surface area contributed by atoms with Crippen molar-refractivity contribution in [1.29, 1.82) is 0 Å². The number of nitrogens with one attached hydrogen (secondary N) is 1. The lowest BCUT2D eigenvalue weighted by atomic mass is 10.2. The van der Waals surface area contributed by atoms with E-state index < -0.39 is 0 Å². The SMILES string of the molecule is C[C@H](Sc1cccc(O)c1)C(=O)N1CC(=O)Nc2ccccc21. The second-order valence-corrected chi connectivity index (χ2v) is 6.66. The molecule has 0 bridgehead atoms. The summed E-state index contributed by atoms with van der Waals surface area (Å²) in [5.41, 5.74) is 1.35. The molecule has 1 aliphatic rings. The molecule has 0 unspecified atom stereocenters. The summed E-state index contributed by atoms with van der Waals surface area (Å²) in [7, 11) is 0. The highest BCUT2D eigenvalue weighted by molar-refractivity contribution is 8.00. The Labute approximate surface area is 138 Å². The number of benzene rings is 2. The molecule has 2 aromatic rings. The molecule has 1 atom stereocenters. The summed E-state index contributed by atoms with van der Waals surface area (Å²) in [5.74, 6) is -0.176. The van der Waals surface area contributed by atoms with Crippen LogP contribution in [0.25, 0.3) is 0 Å². The lowest BCUT2D eigenvalue weighted by Gasteiger charge is -2.30. The number of rotatable bonds is 3. The monoisotopic (exact) mass is 328 g/mol. The first-order valence-corrected chi connectivity index (χ1v) is 8.08. The Morgan fingerprint density at radius 3 is 2.83 bits per heavy atom. The molecule has 0 saturated carbocycles. The summed E-state index contributed by atoms with van der Waals surface area (Å²) in [6.07, 6.45) is 0. The van der Waals surface area contributed by atoms with Gasteiger partial charge in [0.05, 0.1) is 16.6 Å². The van der Waals surface area contributed by atoms with E-state index in [0.29, 0.717) is 11.4 Å². The number of thioether (sulfide) groups is 1. The number of phenolic OH excluding ortho intramolecular Hbond substituents is 1. The number of fused-ring (bicyclic) bond motifs is 1. The van der Waals surface area contributed by atoms with E-state index >= 15 is 0 Å². The molecule has 0 radical (unpaired) electrons. The highest BCUT2D eigenvalue weighted by Crippen LogP contribution is 2.32. The summed E-state index contributed by atoms with van der Waals surface area (Å²) in [6.45, 7) is 1.81. The number of hydrogen-bond donors (Lipinski definition) is 2. The van der Waals surface area contributed by atoms with Crippen LogP contribution in [0.3, 0.4) is 0 Å². The van der Waals surface area contributed by atoms with Gasteiger partial charge in [0, 0.05) is 4.90 Å². The lowest BCUT2D eigenvalue weighted by molar-refractivity contribution is -0.121. The van der Waals surface area contributed by atoms with Crippen molar-refractivity contribution in [2.24, 2.45) is 0 Å². The van der Waals surface area contributed by atoms with E-state index in [1.54, 1.807) is 31.2 Å². The minimum Gasteiger partial charge on any atom is -0.508 e. The van der Waals surface area contributed by atoms with Gasteiger partial charge in [-0.2, -0.15) is 0 Å². The highest BCUT2D eigenvalue weighted by atomic mass is 32.2. The van der Waals surface area contributed by atoms with E-state index in [1.165, 1.54) is 16.7 Å². The van der Waals surface area contributed by atoms with E-state index in [0.717, 1.165) is 4.90 Å². The number of carbonyl (C=O) groups excluding carboxylic acids is 2. The van der Waals surface area contributed by atoms with Gasteiger partial charge in [-0.1, -0.05) is 18.2 Å². The van der Waals surface area contributed by atoms with Gasteiger partial charge in [-0.3, -0.25) is 14.5 Å². The number of nitrogens with zero attached hydrogens (tertiary/aromatic N) is 1. The topological polar surface area (TPSA) is 69.6 Å². The normalized spacial score (nSPS) is 14.8. The Hall–Kier alpha value is -2.47. The summed E-state index contributed by atoms with van der Waals surface area (Å²) >= 11 is 1.35. The van der Waals surface area contributed by atoms with E-state index in [9.17, 15) is 14.7 Å².